The Labute approximate surface area is 393 Å². The SMILES string of the molecule is CC(C)(C)C1=C/C(=C(/Nc2ccccc2)c2ccccc2F)C(=O)C(C(C)(C)C)=C1.CC(C)(C)C1=C/C(=C(/Nc2ccccc2)c2ccccc2F)C(=O)C(C(C)(C)C)=C1.[Cl][Zr][Cl]. The fourth-order valence-electron chi connectivity index (χ4n) is 6.83. The zero-order valence-corrected chi connectivity index (χ0v) is 42.5. The van der Waals surface area contributed by atoms with Crippen molar-refractivity contribution in [3.8, 4) is 0 Å². The third-order valence-electron chi connectivity index (χ3n) is 10.4. The Kier molecular flexibility index (Phi) is 17.5. The maximum absolute atomic E-state index is 14.9. The molecular weight excluding hydrogens is 909 g/mol. The summed E-state index contributed by atoms with van der Waals surface area (Å²) in [5.74, 6) is -0.878. The molecule has 0 amide bonds. The van der Waals surface area contributed by atoms with E-state index in [0.29, 0.717) is 33.7 Å². The number of Topliss-reactive ketones (excluding diaryl/α,β-unsaturated/α-hetero) is 2. The normalized spacial score (nSPS) is 16.1. The van der Waals surface area contributed by atoms with Gasteiger partial charge in [0.2, 0.25) is 0 Å². The van der Waals surface area contributed by atoms with Gasteiger partial charge in [-0.25, -0.2) is 8.78 Å². The van der Waals surface area contributed by atoms with E-state index in [1.54, 1.807) is 36.4 Å². The minimum atomic E-state index is -0.826. The molecule has 4 nitrogen and oxygen atoms in total. The summed E-state index contributed by atoms with van der Waals surface area (Å²) in [6.45, 7) is 24.9. The molecule has 0 aromatic heterocycles. The fourth-order valence-corrected chi connectivity index (χ4v) is 6.83. The van der Waals surface area contributed by atoms with Crippen LogP contribution >= 0.6 is 17.0 Å². The summed E-state index contributed by atoms with van der Waals surface area (Å²) in [4.78, 5) is 27.3. The number of hydrogen-bond acceptors (Lipinski definition) is 4. The van der Waals surface area contributed by atoms with Crippen molar-refractivity contribution in [2.45, 2.75) is 83.1 Å². The predicted molar refractivity (Wildman–Crippen MR) is 259 cm³/mol. The van der Waals surface area contributed by atoms with E-state index in [0.717, 1.165) is 33.7 Å². The molecule has 0 bridgehead atoms. The molecule has 2 N–H and O–H groups in total. The zero-order valence-electron chi connectivity index (χ0n) is 38.5. The molecule has 330 valence electrons. The Morgan fingerprint density at radius 1 is 0.444 bits per heavy atom. The third-order valence-corrected chi connectivity index (χ3v) is 10.4. The summed E-state index contributed by atoms with van der Waals surface area (Å²) in [6, 6.07) is 32.2. The van der Waals surface area contributed by atoms with Gasteiger partial charge in [-0.3, -0.25) is 9.59 Å². The number of anilines is 2. The summed E-state index contributed by atoms with van der Waals surface area (Å²) in [7, 11) is 9.87. The number of rotatable bonds is 6. The van der Waals surface area contributed by atoms with Crippen LogP contribution in [0.2, 0.25) is 0 Å². The van der Waals surface area contributed by atoms with E-state index >= 15 is 0 Å². The first kappa shape index (κ1) is 51.2. The molecule has 4 aromatic carbocycles. The van der Waals surface area contributed by atoms with Gasteiger partial charge in [0, 0.05) is 44.8 Å². The molecule has 0 radical (unpaired) electrons. The van der Waals surface area contributed by atoms with Crippen LogP contribution in [0.3, 0.4) is 0 Å². The number of benzene rings is 4. The van der Waals surface area contributed by atoms with Crippen molar-refractivity contribution in [1.29, 1.82) is 0 Å². The topological polar surface area (TPSA) is 58.2 Å². The minimum absolute atomic E-state index is 0.0721. The molecule has 2 aliphatic carbocycles. The number of carbonyl (C=O) groups excluding carboxylic acids is 2. The van der Waals surface area contributed by atoms with Gasteiger partial charge >= 0.3 is 37.9 Å². The molecule has 4 aromatic rings. The second kappa shape index (κ2) is 21.5. The Hall–Kier alpha value is -4.42. The van der Waals surface area contributed by atoms with E-state index in [1.165, 1.54) is 12.1 Å². The van der Waals surface area contributed by atoms with E-state index in [2.05, 4.69) is 52.2 Å². The summed E-state index contributed by atoms with van der Waals surface area (Å²) < 4.78 is 29.7. The van der Waals surface area contributed by atoms with E-state index in [9.17, 15) is 18.4 Å². The monoisotopic (exact) mass is 966 g/mol. The summed E-state index contributed by atoms with van der Waals surface area (Å²) >= 11 is -0.826. The van der Waals surface area contributed by atoms with Gasteiger partial charge in [0.1, 0.15) is 11.6 Å². The number of halogens is 4. The second-order valence-corrected chi connectivity index (χ2v) is 23.3. The van der Waals surface area contributed by atoms with E-state index in [-0.39, 0.29) is 44.9 Å². The van der Waals surface area contributed by atoms with E-state index < -0.39 is 20.8 Å². The quantitative estimate of drug-likeness (QED) is 0.189. The van der Waals surface area contributed by atoms with Gasteiger partial charge in [-0.2, -0.15) is 0 Å². The van der Waals surface area contributed by atoms with E-state index in [1.807, 2.05) is 127 Å². The number of nitrogens with one attached hydrogen (secondary N) is 2. The number of carbonyl (C=O) groups is 2. The standard InChI is InChI=1S/2C27H30FNO.2ClH.Zr/c2*1-26(2,3)18-16-21(25(30)22(17-18)27(4,5)6)24(20-14-10-11-15-23(20)28)29-19-12-8-7-9-13-19;;;/h2*7-17,29H,1-6H3;2*1H;/q;;;;+2/p-2/b2*24-21-;;;. The van der Waals surface area contributed by atoms with Gasteiger partial charge in [0.15, 0.2) is 11.6 Å². The Bertz CT molecular complexity index is 2300. The Balaban J connectivity index is 0.000000260. The Morgan fingerprint density at radius 3 is 1.00 bits per heavy atom. The average molecular weight is 969 g/mol. The number of allylic oxidation sites excluding steroid dienone is 10. The van der Waals surface area contributed by atoms with Crippen LogP contribution in [0.4, 0.5) is 20.2 Å². The van der Waals surface area contributed by atoms with Gasteiger partial charge in [-0.05, 0) is 93.5 Å². The molecular formula is C54H60Cl2F2N2O2Zr. The summed E-state index contributed by atoms with van der Waals surface area (Å²) in [5, 5.41) is 6.65. The van der Waals surface area contributed by atoms with Crippen molar-refractivity contribution in [2.24, 2.45) is 21.7 Å². The van der Waals surface area contributed by atoms with Crippen LogP contribution in [0.15, 0.2) is 167 Å². The second-order valence-electron chi connectivity index (χ2n) is 19.6. The van der Waals surface area contributed by atoms with Crippen LogP contribution < -0.4 is 10.6 Å². The van der Waals surface area contributed by atoms with Crippen LogP contribution in [0.25, 0.3) is 11.4 Å². The molecule has 0 saturated carbocycles. The molecule has 2 aliphatic rings. The van der Waals surface area contributed by atoms with Crippen LogP contribution in [0.5, 0.6) is 0 Å². The van der Waals surface area contributed by atoms with Gasteiger partial charge in [-0.15, -0.1) is 0 Å². The molecule has 0 spiro atoms. The molecule has 0 heterocycles. The van der Waals surface area contributed by atoms with Crippen LogP contribution in [-0.2, 0) is 30.4 Å². The molecule has 0 unspecified atom stereocenters. The molecule has 0 saturated heterocycles. The molecule has 6 rings (SSSR count). The van der Waals surface area contributed by atoms with Gasteiger partial charge in [-0.1, -0.05) is 156 Å². The van der Waals surface area contributed by atoms with Crippen molar-refractivity contribution < 1.29 is 39.2 Å². The van der Waals surface area contributed by atoms with Crippen molar-refractivity contribution in [3.05, 3.63) is 190 Å². The number of para-hydroxylation sites is 2. The van der Waals surface area contributed by atoms with Crippen molar-refractivity contribution in [3.63, 3.8) is 0 Å². The summed E-state index contributed by atoms with van der Waals surface area (Å²) in [5.41, 5.74) is 6.88. The van der Waals surface area contributed by atoms with Crippen LogP contribution in [-0.4, -0.2) is 11.6 Å². The van der Waals surface area contributed by atoms with Crippen molar-refractivity contribution in [1.82, 2.24) is 0 Å². The van der Waals surface area contributed by atoms with Crippen LogP contribution in [0, 0.1) is 33.3 Å². The Morgan fingerprint density at radius 2 is 0.730 bits per heavy atom. The van der Waals surface area contributed by atoms with Gasteiger partial charge in [0.05, 0.1) is 11.4 Å². The first-order valence-corrected chi connectivity index (χ1v) is 27.3. The van der Waals surface area contributed by atoms with Crippen LogP contribution in [0.1, 0.15) is 94.2 Å². The van der Waals surface area contributed by atoms with E-state index in [4.69, 9.17) is 17.0 Å². The third kappa shape index (κ3) is 13.8. The predicted octanol–water partition coefficient (Wildman–Crippen LogP) is 15.7. The first-order chi connectivity index (χ1) is 29.4. The molecule has 63 heavy (non-hydrogen) atoms. The molecule has 0 aliphatic heterocycles. The van der Waals surface area contributed by atoms with Crippen molar-refractivity contribution >= 4 is 51.4 Å². The van der Waals surface area contributed by atoms with Crippen molar-refractivity contribution in [2.75, 3.05) is 10.6 Å². The number of hydrogen-bond donors (Lipinski definition) is 2. The molecule has 0 fully saturated rings. The fraction of sp³-hybridized carbons (Fsp3) is 0.296. The number of ketones is 2. The summed E-state index contributed by atoms with van der Waals surface area (Å²) in [6.07, 6.45) is 7.84. The zero-order chi connectivity index (χ0) is 46.9. The van der Waals surface area contributed by atoms with Gasteiger partial charge in [0.25, 0.3) is 0 Å². The van der Waals surface area contributed by atoms with Gasteiger partial charge < -0.3 is 10.6 Å². The first-order valence-electron chi connectivity index (χ1n) is 20.9. The maximum atomic E-state index is 14.9. The molecule has 0 atom stereocenters. The average Bonchev–Trinajstić information content (AvgIpc) is 3.20. The molecule has 9 heteroatoms.